The molecule has 5 rings (SSSR count). The Morgan fingerprint density at radius 1 is 1.16 bits per heavy atom. The predicted octanol–water partition coefficient (Wildman–Crippen LogP) is 4.91. The summed E-state index contributed by atoms with van der Waals surface area (Å²) in [4.78, 5) is 27.9. The van der Waals surface area contributed by atoms with Crippen LogP contribution >= 0.6 is 23.2 Å². The van der Waals surface area contributed by atoms with E-state index in [1.54, 1.807) is 25.1 Å². The lowest BCUT2D eigenvalue weighted by molar-refractivity contribution is -0.127. The molecule has 0 unspecified atom stereocenters. The molecule has 9 heteroatoms. The van der Waals surface area contributed by atoms with Crippen LogP contribution in [-0.2, 0) is 15.0 Å². The molecule has 0 bridgehead atoms. The fourth-order valence-corrected chi connectivity index (χ4v) is 6.89. The van der Waals surface area contributed by atoms with Crippen molar-refractivity contribution in [1.82, 2.24) is 10.6 Å². The first-order valence-corrected chi connectivity index (χ1v) is 13.3. The summed E-state index contributed by atoms with van der Waals surface area (Å²) in [6.07, 6.45) is 1.41. The van der Waals surface area contributed by atoms with E-state index in [4.69, 9.17) is 23.2 Å². The van der Waals surface area contributed by atoms with Crippen LogP contribution in [0.1, 0.15) is 64.0 Å². The minimum Gasteiger partial charge on any atom is -0.390 e. The second-order valence-corrected chi connectivity index (χ2v) is 13.1. The van der Waals surface area contributed by atoms with E-state index in [-0.39, 0.29) is 28.8 Å². The van der Waals surface area contributed by atoms with E-state index in [9.17, 15) is 14.7 Å². The number of rotatable bonds is 4. The molecular weight excluding hydrogens is 516 g/mol. The van der Waals surface area contributed by atoms with Gasteiger partial charge in [0.05, 0.1) is 11.6 Å². The van der Waals surface area contributed by atoms with E-state index in [1.807, 2.05) is 0 Å². The zero-order valence-corrected chi connectivity index (χ0v) is 22.8. The molecule has 2 aromatic carbocycles. The second-order valence-electron chi connectivity index (χ2n) is 12.2. The summed E-state index contributed by atoms with van der Waals surface area (Å²) in [6, 6.07) is 7.84. The van der Waals surface area contributed by atoms with Gasteiger partial charge in [0.2, 0.25) is 11.8 Å². The van der Waals surface area contributed by atoms with Gasteiger partial charge in [-0.25, -0.2) is 4.39 Å². The van der Waals surface area contributed by atoms with Gasteiger partial charge in [-0.1, -0.05) is 50.0 Å². The molecule has 6 nitrogen and oxygen atoms in total. The average molecular weight is 548 g/mol. The van der Waals surface area contributed by atoms with Crippen molar-refractivity contribution in [3.05, 3.63) is 63.4 Å². The Balaban J connectivity index is 1.69. The van der Waals surface area contributed by atoms with Gasteiger partial charge in [-0.15, -0.1) is 0 Å². The minimum absolute atomic E-state index is 0.199. The molecule has 37 heavy (non-hydrogen) atoms. The van der Waals surface area contributed by atoms with Gasteiger partial charge in [0, 0.05) is 33.7 Å². The number of fused-ring (bicyclic) bond motifs is 2. The fourth-order valence-electron chi connectivity index (χ4n) is 6.54. The van der Waals surface area contributed by atoms with Crippen LogP contribution in [0.5, 0.6) is 0 Å². The number of hydrogen-bond donors (Lipinski definition) is 4. The summed E-state index contributed by atoms with van der Waals surface area (Å²) in [7, 11) is 0. The number of carbonyl (C=O) groups excluding carboxylic acids is 2. The van der Waals surface area contributed by atoms with E-state index in [0.717, 1.165) is 0 Å². The van der Waals surface area contributed by atoms with E-state index < -0.39 is 34.8 Å². The molecule has 2 heterocycles. The number of benzene rings is 2. The highest BCUT2D eigenvalue weighted by molar-refractivity contribution is 6.31. The van der Waals surface area contributed by atoms with Crippen molar-refractivity contribution in [3.63, 3.8) is 0 Å². The number of hydrogen-bond acceptors (Lipinski definition) is 4. The first kappa shape index (κ1) is 26.4. The van der Waals surface area contributed by atoms with E-state index in [0.29, 0.717) is 40.6 Å². The highest BCUT2D eigenvalue weighted by Gasteiger charge is 2.66. The van der Waals surface area contributed by atoms with Crippen LogP contribution < -0.4 is 16.0 Å². The maximum atomic E-state index is 15.6. The van der Waals surface area contributed by atoms with Crippen LogP contribution in [0.4, 0.5) is 10.1 Å². The van der Waals surface area contributed by atoms with Crippen molar-refractivity contribution in [2.45, 2.75) is 82.0 Å². The molecule has 2 fully saturated rings. The Hall–Kier alpha value is -2.19. The molecule has 4 atom stereocenters. The van der Waals surface area contributed by atoms with Crippen LogP contribution in [0.2, 0.25) is 10.0 Å². The average Bonchev–Trinajstić information content (AvgIpc) is 3.22. The van der Waals surface area contributed by atoms with Gasteiger partial charge in [-0.05, 0) is 73.1 Å². The second kappa shape index (κ2) is 8.94. The predicted molar refractivity (Wildman–Crippen MR) is 142 cm³/mol. The number of halogens is 3. The van der Waals surface area contributed by atoms with Crippen molar-refractivity contribution < 1.29 is 19.1 Å². The van der Waals surface area contributed by atoms with Gasteiger partial charge in [0.25, 0.3) is 0 Å². The van der Waals surface area contributed by atoms with Crippen molar-refractivity contribution in [2.24, 2.45) is 5.41 Å². The van der Waals surface area contributed by atoms with Crippen molar-refractivity contribution in [2.75, 3.05) is 5.32 Å². The summed E-state index contributed by atoms with van der Waals surface area (Å²) in [6.45, 7) is 7.93. The molecule has 1 aliphatic carbocycles. The fraction of sp³-hybridized carbons (Fsp3) is 0.500. The number of anilines is 1. The molecule has 198 valence electrons. The van der Waals surface area contributed by atoms with Gasteiger partial charge in [0.15, 0.2) is 0 Å². The minimum atomic E-state index is -1.29. The van der Waals surface area contributed by atoms with Crippen LogP contribution in [0, 0.1) is 11.2 Å². The molecular formula is C28H32Cl2FN3O3. The van der Waals surface area contributed by atoms with Gasteiger partial charge < -0.3 is 21.1 Å². The largest absolute Gasteiger partial charge is 0.390 e. The Bertz CT molecular complexity index is 1270. The molecule has 0 aromatic heterocycles. The van der Waals surface area contributed by atoms with Gasteiger partial charge in [-0.3, -0.25) is 9.59 Å². The Morgan fingerprint density at radius 2 is 1.81 bits per heavy atom. The molecule has 0 radical (unpaired) electrons. The van der Waals surface area contributed by atoms with Gasteiger partial charge >= 0.3 is 0 Å². The highest BCUT2D eigenvalue weighted by Crippen LogP contribution is 2.57. The molecule has 1 spiro atoms. The summed E-state index contributed by atoms with van der Waals surface area (Å²) in [5, 5.41) is 20.4. The molecule has 3 aliphatic rings. The standard InChI is InChI=1S/C28H32Cl2FN3O3/c1-26(2,3)13-21-28(18-7-5-15(30)10-20(18)33-25(28)36)22(17-9-14(29)6-8-19(17)31)23(34-21)24(35)32-16-11-27(4,37)12-16/h5-10,16,21-23,34,37H,11-13H2,1-4H3,(H,32,35)(H,33,36)/t16-,21-,22-,23+,27+,28+/m0/s1. The maximum Gasteiger partial charge on any atom is 0.238 e. The first-order valence-electron chi connectivity index (χ1n) is 12.6. The molecule has 1 saturated heterocycles. The molecule has 4 N–H and O–H groups in total. The van der Waals surface area contributed by atoms with Crippen LogP contribution in [0.25, 0.3) is 0 Å². The third-order valence-electron chi connectivity index (χ3n) is 7.92. The summed E-state index contributed by atoms with van der Waals surface area (Å²) in [5.41, 5.74) is -0.882. The summed E-state index contributed by atoms with van der Waals surface area (Å²) >= 11 is 12.6. The number of carbonyl (C=O) groups is 2. The number of amides is 2. The van der Waals surface area contributed by atoms with Crippen molar-refractivity contribution in [1.29, 1.82) is 0 Å². The maximum absolute atomic E-state index is 15.6. The monoisotopic (exact) mass is 547 g/mol. The normalized spacial score (nSPS) is 32.7. The lowest BCUT2D eigenvalue weighted by atomic mass is 9.62. The number of aliphatic hydroxyl groups is 1. The third kappa shape index (κ3) is 4.54. The van der Waals surface area contributed by atoms with E-state index in [1.165, 1.54) is 18.2 Å². The van der Waals surface area contributed by atoms with Crippen LogP contribution in [-0.4, -0.2) is 40.6 Å². The van der Waals surface area contributed by atoms with Crippen molar-refractivity contribution in [3.8, 4) is 0 Å². The summed E-state index contributed by atoms with van der Waals surface area (Å²) < 4.78 is 15.6. The quantitative estimate of drug-likeness (QED) is 0.437. The van der Waals surface area contributed by atoms with Crippen LogP contribution in [0.3, 0.4) is 0 Å². The Labute approximate surface area is 226 Å². The lowest BCUT2D eigenvalue weighted by Gasteiger charge is -2.42. The zero-order chi connectivity index (χ0) is 26.9. The Kier molecular flexibility index (Phi) is 6.38. The first-order chi connectivity index (χ1) is 17.2. The molecule has 2 amide bonds. The van der Waals surface area contributed by atoms with Crippen LogP contribution in [0.15, 0.2) is 36.4 Å². The van der Waals surface area contributed by atoms with E-state index in [2.05, 4.69) is 36.7 Å². The molecule has 2 aliphatic heterocycles. The number of nitrogens with one attached hydrogen (secondary N) is 3. The topological polar surface area (TPSA) is 90.5 Å². The smallest absolute Gasteiger partial charge is 0.238 e. The lowest BCUT2D eigenvalue weighted by Crippen LogP contribution is -2.57. The van der Waals surface area contributed by atoms with E-state index >= 15 is 4.39 Å². The SMILES string of the molecule is CC(C)(C)C[C@@H]1N[C@@H](C(=O)N[C@H]2C[C@@](C)(O)C2)[C@H](c2cc(Cl)ccc2F)[C@]12C(=O)Nc1cc(Cl)ccc12. The summed E-state index contributed by atoms with van der Waals surface area (Å²) in [5.74, 6) is -2.07. The molecule has 2 aromatic rings. The molecule has 1 saturated carbocycles. The van der Waals surface area contributed by atoms with Gasteiger partial charge in [-0.2, -0.15) is 0 Å². The third-order valence-corrected chi connectivity index (χ3v) is 8.39. The zero-order valence-electron chi connectivity index (χ0n) is 21.3. The highest BCUT2D eigenvalue weighted by atomic mass is 35.5. The van der Waals surface area contributed by atoms with Gasteiger partial charge in [0.1, 0.15) is 11.2 Å². The van der Waals surface area contributed by atoms with Crippen molar-refractivity contribution >= 4 is 40.7 Å². The Morgan fingerprint density at radius 3 is 2.46 bits per heavy atom.